The Labute approximate surface area is 146 Å². The van der Waals surface area contributed by atoms with Crippen LogP contribution in [0.5, 0.6) is 0 Å². The summed E-state index contributed by atoms with van der Waals surface area (Å²) in [5.41, 5.74) is 2.32. The lowest BCUT2D eigenvalue weighted by Crippen LogP contribution is -2.39. The van der Waals surface area contributed by atoms with Crippen LogP contribution in [0.4, 0.5) is 5.69 Å². The molecule has 1 saturated heterocycles. The van der Waals surface area contributed by atoms with Crippen LogP contribution in [-0.2, 0) is 0 Å². The molecule has 1 aliphatic heterocycles. The maximum absolute atomic E-state index is 9.80. The van der Waals surface area contributed by atoms with Gasteiger partial charge in [-0.1, -0.05) is 60.7 Å². The minimum atomic E-state index is -0.471. The summed E-state index contributed by atoms with van der Waals surface area (Å²) in [6.45, 7) is 0. The molecule has 0 unspecified atom stereocenters. The summed E-state index contributed by atoms with van der Waals surface area (Å²) >= 11 is 3.34. The third kappa shape index (κ3) is 3.26. The maximum Gasteiger partial charge on any atom is 0.173 e. The number of rotatable bonds is 4. The SMILES string of the molecule is CS[C@@]1(C#N)SCN(c2ccccc2)[C@@H]1/C=C/c1ccccc1. The van der Waals surface area contributed by atoms with Gasteiger partial charge in [0.25, 0.3) is 0 Å². The molecule has 1 aliphatic rings. The second-order valence-corrected chi connectivity index (χ2v) is 7.78. The predicted octanol–water partition coefficient (Wildman–Crippen LogP) is 4.86. The van der Waals surface area contributed by atoms with Crippen LogP contribution in [-0.4, -0.2) is 22.3 Å². The number of para-hydroxylation sites is 1. The lowest BCUT2D eigenvalue weighted by Gasteiger charge is -2.29. The molecule has 1 fully saturated rings. The molecule has 1 heterocycles. The largest absolute Gasteiger partial charge is 0.352 e. The smallest absolute Gasteiger partial charge is 0.173 e. The van der Waals surface area contributed by atoms with E-state index in [-0.39, 0.29) is 6.04 Å². The standard InChI is InChI=1S/C19H18N2S2/c1-22-19(14-20)18(13-12-16-8-4-2-5-9-16)21(15-23-19)17-10-6-3-7-11-17/h2-13,18H,15H2,1H3/b13-12+/t18-,19+/m1/s1. The van der Waals surface area contributed by atoms with Crippen molar-refractivity contribution < 1.29 is 0 Å². The highest BCUT2D eigenvalue weighted by Crippen LogP contribution is 2.48. The third-order valence-corrected chi connectivity index (χ3v) is 6.92. The molecule has 2 nitrogen and oxygen atoms in total. The van der Waals surface area contributed by atoms with E-state index in [0.29, 0.717) is 0 Å². The van der Waals surface area contributed by atoms with Gasteiger partial charge in [0.2, 0.25) is 0 Å². The Balaban J connectivity index is 1.95. The van der Waals surface area contributed by atoms with Gasteiger partial charge < -0.3 is 4.90 Å². The zero-order valence-corrected chi connectivity index (χ0v) is 14.6. The maximum atomic E-state index is 9.80. The van der Waals surface area contributed by atoms with Gasteiger partial charge in [0.05, 0.1) is 18.0 Å². The molecular weight excluding hydrogens is 320 g/mol. The topological polar surface area (TPSA) is 27.0 Å². The predicted molar refractivity (Wildman–Crippen MR) is 103 cm³/mol. The Bertz CT molecular complexity index is 709. The van der Waals surface area contributed by atoms with Gasteiger partial charge in [-0.15, -0.1) is 23.5 Å². The Kier molecular flexibility index (Phi) is 5.00. The van der Waals surface area contributed by atoms with Crippen molar-refractivity contribution in [1.82, 2.24) is 0 Å². The third-order valence-electron chi connectivity index (χ3n) is 3.96. The molecule has 0 bridgehead atoms. The van der Waals surface area contributed by atoms with Crippen LogP contribution >= 0.6 is 23.5 Å². The Morgan fingerprint density at radius 2 is 1.83 bits per heavy atom. The van der Waals surface area contributed by atoms with Crippen molar-refractivity contribution in [3.63, 3.8) is 0 Å². The van der Waals surface area contributed by atoms with Crippen molar-refractivity contribution in [1.29, 1.82) is 5.26 Å². The number of thioether (sulfide) groups is 2. The van der Waals surface area contributed by atoms with Crippen molar-refractivity contribution >= 4 is 35.3 Å². The van der Waals surface area contributed by atoms with E-state index in [1.54, 1.807) is 23.5 Å². The first-order valence-corrected chi connectivity index (χ1v) is 9.65. The molecule has 4 heteroatoms. The van der Waals surface area contributed by atoms with Crippen molar-refractivity contribution in [2.75, 3.05) is 17.0 Å². The van der Waals surface area contributed by atoms with Crippen LogP contribution < -0.4 is 4.90 Å². The minimum absolute atomic E-state index is 0.0371. The summed E-state index contributed by atoms with van der Waals surface area (Å²) in [4.78, 5) is 2.31. The average Bonchev–Trinajstić information content (AvgIpc) is 3.00. The second-order valence-electron chi connectivity index (χ2n) is 5.28. The second kappa shape index (κ2) is 7.16. The molecule has 0 aromatic heterocycles. The van der Waals surface area contributed by atoms with Crippen molar-refractivity contribution in [2.45, 2.75) is 10.1 Å². The molecule has 0 aliphatic carbocycles. The average molecular weight is 339 g/mol. The van der Waals surface area contributed by atoms with E-state index >= 15 is 0 Å². The van der Waals surface area contributed by atoms with Gasteiger partial charge in [-0.05, 0) is 24.0 Å². The highest BCUT2D eigenvalue weighted by Gasteiger charge is 2.47. The van der Waals surface area contributed by atoms with Gasteiger partial charge in [0.15, 0.2) is 4.08 Å². The molecule has 2 aromatic rings. The van der Waals surface area contributed by atoms with Crippen molar-refractivity contribution in [3.8, 4) is 6.07 Å². The molecule has 0 saturated carbocycles. The molecule has 2 aromatic carbocycles. The summed E-state index contributed by atoms with van der Waals surface area (Å²) in [6.07, 6.45) is 6.31. The van der Waals surface area contributed by atoms with Crippen LogP contribution in [0.2, 0.25) is 0 Å². The van der Waals surface area contributed by atoms with Gasteiger partial charge in [0.1, 0.15) is 0 Å². The fourth-order valence-electron chi connectivity index (χ4n) is 2.71. The van der Waals surface area contributed by atoms with Gasteiger partial charge >= 0.3 is 0 Å². The lowest BCUT2D eigenvalue weighted by atomic mass is 10.1. The first-order valence-electron chi connectivity index (χ1n) is 7.44. The zero-order valence-electron chi connectivity index (χ0n) is 12.9. The van der Waals surface area contributed by atoms with E-state index in [4.69, 9.17) is 0 Å². The number of hydrogen-bond donors (Lipinski definition) is 0. The highest BCUT2D eigenvalue weighted by molar-refractivity contribution is 8.18. The van der Waals surface area contributed by atoms with E-state index in [1.807, 2.05) is 42.7 Å². The number of nitriles is 1. The quantitative estimate of drug-likeness (QED) is 0.795. The van der Waals surface area contributed by atoms with Gasteiger partial charge in [-0.25, -0.2) is 0 Å². The van der Waals surface area contributed by atoms with Crippen molar-refractivity contribution in [2.24, 2.45) is 0 Å². The molecule has 3 rings (SSSR count). The van der Waals surface area contributed by atoms with Gasteiger partial charge in [0, 0.05) is 5.69 Å². The van der Waals surface area contributed by atoms with Crippen LogP contribution in [0.3, 0.4) is 0 Å². The Morgan fingerprint density at radius 1 is 1.17 bits per heavy atom. The molecule has 0 spiro atoms. The lowest BCUT2D eigenvalue weighted by molar-refractivity contribution is 0.777. The molecule has 0 N–H and O–H groups in total. The van der Waals surface area contributed by atoms with Crippen LogP contribution in [0, 0.1) is 11.3 Å². The van der Waals surface area contributed by atoms with Crippen LogP contribution in [0.1, 0.15) is 5.56 Å². The summed E-state index contributed by atoms with van der Waals surface area (Å²) in [5, 5.41) is 9.80. The summed E-state index contributed by atoms with van der Waals surface area (Å²) < 4.78 is -0.471. The summed E-state index contributed by atoms with van der Waals surface area (Å²) in [6, 6.07) is 23.2. The zero-order chi connectivity index (χ0) is 16.1. The molecule has 2 atom stereocenters. The van der Waals surface area contributed by atoms with Crippen LogP contribution in [0.25, 0.3) is 6.08 Å². The molecule has 23 heavy (non-hydrogen) atoms. The monoisotopic (exact) mass is 338 g/mol. The normalized spacial score (nSPS) is 24.0. The van der Waals surface area contributed by atoms with E-state index in [2.05, 4.69) is 47.4 Å². The highest BCUT2D eigenvalue weighted by atomic mass is 32.2. The number of benzene rings is 2. The summed E-state index contributed by atoms with van der Waals surface area (Å²) in [5.74, 6) is 0.822. The van der Waals surface area contributed by atoms with Gasteiger partial charge in [-0.2, -0.15) is 5.26 Å². The van der Waals surface area contributed by atoms with E-state index in [0.717, 1.165) is 17.1 Å². The number of hydrogen-bond acceptors (Lipinski definition) is 4. The van der Waals surface area contributed by atoms with E-state index in [9.17, 15) is 5.26 Å². The summed E-state index contributed by atoms with van der Waals surface area (Å²) in [7, 11) is 0. The first-order chi connectivity index (χ1) is 11.3. The molecule has 116 valence electrons. The van der Waals surface area contributed by atoms with E-state index < -0.39 is 4.08 Å². The van der Waals surface area contributed by atoms with Gasteiger partial charge in [-0.3, -0.25) is 0 Å². The molecular formula is C19H18N2S2. The molecule has 0 radical (unpaired) electrons. The first kappa shape index (κ1) is 16.0. The minimum Gasteiger partial charge on any atom is -0.352 e. The molecule has 0 amide bonds. The Hall–Kier alpha value is -1.83. The number of anilines is 1. The van der Waals surface area contributed by atoms with Crippen molar-refractivity contribution in [3.05, 3.63) is 72.3 Å². The number of nitrogens with zero attached hydrogens (tertiary/aromatic N) is 2. The fraction of sp³-hybridized carbons (Fsp3) is 0.211. The van der Waals surface area contributed by atoms with E-state index in [1.165, 1.54) is 0 Å². The van der Waals surface area contributed by atoms with Crippen LogP contribution in [0.15, 0.2) is 66.7 Å². The fourth-order valence-corrected chi connectivity index (χ4v) is 4.96. The Morgan fingerprint density at radius 3 is 2.43 bits per heavy atom.